The zero-order valence-electron chi connectivity index (χ0n) is 11.4. The van der Waals surface area contributed by atoms with E-state index in [1.165, 1.54) is 6.08 Å². The molecule has 98 valence electrons. The maximum Gasteiger partial charge on any atom is 0.328 e. The minimum atomic E-state index is -0.905. The number of rotatable bonds is 5. The molecule has 1 aromatic carbocycles. The molecule has 0 aliphatic rings. The molecule has 0 saturated carbocycles. The van der Waals surface area contributed by atoms with Gasteiger partial charge in [-0.25, -0.2) is 4.79 Å². The topological polar surface area (TPSA) is 46.5 Å². The fraction of sp³-hybridized carbons (Fsp3) is 0.400. The number of aliphatic carboxylic acids is 1. The first-order valence-electron chi connectivity index (χ1n) is 6.18. The Balaban J connectivity index is 3.26. The number of ether oxygens (including phenoxy) is 1. The van der Waals surface area contributed by atoms with Crippen molar-refractivity contribution in [1.82, 2.24) is 0 Å². The fourth-order valence-corrected chi connectivity index (χ4v) is 1.97. The molecule has 0 fully saturated rings. The normalized spacial score (nSPS) is 11.4. The first-order valence-corrected chi connectivity index (χ1v) is 6.18. The molecule has 0 saturated heterocycles. The molecule has 0 radical (unpaired) electrons. The summed E-state index contributed by atoms with van der Waals surface area (Å²) in [7, 11) is 0. The third-order valence-electron chi connectivity index (χ3n) is 3.06. The lowest BCUT2D eigenvalue weighted by Gasteiger charge is -2.15. The van der Waals surface area contributed by atoms with Gasteiger partial charge in [0, 0.05) is 6.08 Å². The largest absolute Gasteiger partial charge is 0.494 e. The Labute approximate surface area is 108 Å². The van der Waals surface area contributed by atoms with E-state index in [4.69, 9.17) is 9.84 Å². The van der Waals surface area contributed by atoms with Gasteiger partial charge in [-0.2, -0.15) is 0 Å². The van der Waals surface area contributed by atoms with E-state index in [2.05, 4.69) is 0 Å². The highest BCUT2D eigenvalue weighted by molar-refractivity contribution is 5.90. The average Bonchev–Trinajstić information content (AvgIpc) is 2.33. The van der Waals surface area contributed by atoms with Gasteiger partial charge in [-0.05, 0) is 55.5 Å². The van der Waals surface area contributed by atoms with Gasteiger partial charge in [-0.15, -0.1) is 0 Å². The summed E-state index contributed by atoms with van der Waals surface area (Å²) in [6, 6.07) is 3.85. The Morgan fingerprint density at radius 3 is 2.44 bits per heavy atom. The molecule has 0 aliphatic heterocycles. The summed E-state index contributed by atoms with van der Waals surface area (Å²) in [4.78, 5) is 10.8. The third-order valence-corrected chi connectivity index (χ3v) is 3.06. The van der Waals surface area contributed by atoms with Crippen LogP contribution in [0.4, 0.5) is 0 Å². The molecule has 0 heterocycles. The van der Waals surface area contributed by atoms with Crippen molar-refractivity contribution in [3.05, 3.63) is 34.9 Å². The van der Waals surface area contributed by atoms with E-state index in [0.29, 0.717) is 13.0 Å². The molecule has 0 atom stereocenters. The molecule has 0 unspecified atom stereocenters. The molecule has 0 bridgehead atoms. The number of allylic oxidation sites excluding steroid dienone is 1. The molecule has 0 aliphatic carbocycles. The standard InChI is InChI=1S/C15H20O3/c1-5-12(9-15(16)17)13-7-8-14(18-6-2)11(4)10(13)3/h7-9H,5-6H2,1-4H3,(H,16,17)/b12-9+. The monoisotopic (exact) mass is 248 g/mol. The van der Waals surface area contributed by atoms with Crippen LogP contribution in [-0.4, -0.2) is 17.7 Å². The van der Waals surface area contributed by atoms with Crippen molar-refractivity contribution < 1.29 is 14.6 Å². The van der Waals surface area contributed by atoms with E-state index in [1.807, 2.05) is 39.8 Å². The Bertz CT molecular complexity index is 473. The summed E-state index contributed by atoms with van der Waals surface area (Å²) in [5.74, 6) is -0.0395. The van der Waals surface area contributed by atoms with Gasteiger partial charge in [-0.1, -0.05) is 13.0 Å². The van der Waals surface area contributed by atoms with Gasteiger partial charge in [0.2, 0.25) is 0 Å². The minimum absolute atomic E-state index is 0.630. The van der Waals surface area contributed by atoms with Crippen LogP contribution in [0, 0.1) is 13.8 Å². The second kappa shape index (κ2) is 6.24. The Kier molecular flexibility index (Phi) is 4.95. The van der Waals surface area contributed by atoms with Crippen LogP contribution in [0.15, 0.2) is 18.2 Å². The van der Waals surface area contributed by atoms with Crippen LogP contribution in [0.2, 0.25) is 0 Å². The van der Waals surface area contributed by atoms with Gasteiger partial charge in [0.1, 0.15) is 5.75 Å². The third kappa shape index (κ3) is 3.13. The lowest BCUT2D eigenvalue weighted by molar-refractivity contribution is -0.131. The second-order valence-corrected chi connectivity index (χ2v) is 4.16. The van der Waals surface area contributed by atoms with Crippen LogP contribution in [0.1, 0.15) is 37.0 Å². The van der Waals surface area contributed by atoms with Crippen molar-refractivity contribution in [1.29, 1.82) is 0 Å². The Hall–Kier alpha value is -1.77. The van der Waals surface area contributed by atoms with Crippen molar-refractivity contribution >= 4 is 11.5 Å². The van der Waals surface area contributed by atoms with E-state index in [-0.39, 0.29) is 0 Å². The van der Waals surface area contributed by atoms with Crippen LogP contribution in [0.3, 0.4) is 0 Å². The van der Waals surface area contributed by atoms with Crippen LogP contribution in [-0.2, 0) is 4.79 Å². The first-order chi connectivity index (χ1) is 8.51. The number of hydrogen-bond acceptors (Lipinski definition) is 2. The highest BCUT2D eigenvalue weighted by Crippen LogP contribution is 2.29. The van der Waals surface area contributed by atoms with Gasteiger partial charge in [0.25, 0.3) is 0 Å². The van der Waals surface area contributed by atoms with E-state index in [0.717, 1.165) is 28.0 Å². The molecule has 0 amide bonds. The van der Waals surface area contributed by atoms with Crippen molar-refractivity contribution in [2.45, 2.75) is 34.1 Å². The molecular weight excluding hydrogens is 228 g/mol. The second-order valence-electron chi connectivity index (χ2n) is 4.16. The zero-order chi connectivity index (χ0) is 13.7. The Morgan fingerprint density at radius 1 is 1.28 bits per heavy atom. The average molecular weight is 248 g/mol. The summed E-state index contributed by atoms with van der Waals surface area (Å²) < 4.78 is 5.53. The first kappa shape index (κ1) is 14.3. The fourth-order valence-electron chi connectivity index (χ4n) is 1.97. The van der Waals surface area contributed by atoms with E-state index in [9.17, 15) is 4.79 Å². The summed E-state index contributed by atoms with van der Waals surface area (Å²) >= 11 is 0. The Morgan fingerprint density at radius 2 is 1.94 bits per heavy atom. The van der Waals surface area contributed by atoms with Crippen molar-refractivity contribution in [2.24, 2.45) is 0 Å². The summed E-state index contributed by atoms with van der Waals surface area (Å²) in [6.45, 7) is 8.53. The molecule has 0 aromatic heterocycles. The SMILES string of the molecule is CCOc1ccc(/C(=C/C(=O)O)CC)c(C)c1C. The number of hydrogen-bond donors (Lipinski definition) is 1. The van der Waals surface area contributed by atoms with Gasteiger partial charge < -0.3 is 9.84 Å². The molecule has 0 spiro atoms. The minimum Gasteiger partial charge on any atom is -0.494 e. The van der Waals surface area contributed by atoms with Gasteiger partial charge >= 0.3 is 5.97 Å². The predicted molar refractivity (Wildman–Crippen MR) is 73.0 cm³/mol. The number of benzene rings is 1. The van der Waals surface area contributed by atoms with Crippen LogP contribution in [0.25, 0.3) is 5.57 Å². The smallest absolute Gasteiger partial charge is 0.328 e. The maximum atomic E-state index is 10.8. The number of carbonyl (C=O) groups is 1. The van der Waals surface area contributed by atoms with Crippen LogP contribution >= 0.6 is 0 Å². The molecule has 3 nitrogen and oxygen atoms in total. The maximum absolute atomic E-state index is 10.8. The molecule has 1 rings (SSSR count). The molecule has 1 N–H and O–H groups in total. The molecule has 1 aromatic rings. The van der Waals surface area contributed by atoms with E-state index >= 15 is 0 Å². The van der Waals surface area contributed by atoms with E-state index < -0.39 is 5.97 Å². The van der Waals surface area contributed by atoms with Gasteiger partial charge in [0.05, 0.1) is 6.61 Å². The summed E-state index contributed by atoms with van der Waals surface area (Å²) in [6.07, 6.45) is 1.97. The highest BCUT2D eigenvalue weighted by atomic mass is 16.5. The molecule has 18 heavy (non-hydrogen) atoms. The molecular formula is C15H20O3. The van der Waals surface area contributed by atoms with Crippen LogP contribution < -0.4 is 4.74 Å². The quantitative estimate of drug-likeness (QED) is 0.810. The lowest BCUT2D eigenvalue weighted by Crippen LogP contribution is -2.00. The predicted octanol–water partition coefficient (Wildman–Crippen LogP) is 3.58. The molecule has 3 heteroatoms. The number of carboxylic acids is 1. The van der Waals surface area contributed by atoms with Gasteiger partial charge in [-0.3, -0.25) is 0 Å². The highest BCUT2D eigenvalue weighted by Gasteiger charge is 2.10. The van der Waals surface area contributed by atoms with Crippen molar-refractivity contribution in [3.8, 4) is 5.75 Å². The lowest BCUT2D eigenvalue weighted by atomic mass is 9.94. The van der Waals surface area contributed by atoms with Crippen molar-refractivity contribution in [3.63, 3.8) is 0 Å². The summed E-state index contributed by atoms with van der Waals surface area (Å²) in [5.41, 5.74) is 3.97. The number of carboxylic acid groups (broad SMARTS) is 1. The zero-order valence-corrected chi connectivity index (χ0v) is 11.4. The van der Waals surface area contributed by atoms with Crippen LogP contribution in [0.5, 0.6) is 5.75 Å². The summed E-state index contributed by atoms with van der Waals surface area (Å²) in [5, 5.41) is 8.87. The van der Waals surface area contributed by atoms with E-state index in [1.54, 1.807) is 0 Å². The van der Waals surface area contributed by atoms with Gasteiger partial charge in [0.15, 0.2) is 0 Å². The van der Waals surface area contributed by atoms with Crippen molar-refractivity contribution in [2.75, 3.05) is 6.61 Å².